The van der Waals surface area contributed by atoms with E-state index in [-0.39, 0.29) is 11.0 Å². The van der Waals surface area contributed by atoms with Crippen molar-refractivity contribution in [1.29, 1.82) is 0 Å². The summed E-state index contributed by atoms with van der Waals surface area (Å²) >= 11 is 0. The van der Waals surface area contributed by atoms with Gasteiger partial charge in [0.15, 0.2) is 0 Å². The van der Waals surface area contributed by atoms with Crippen LogP contribution in [0.1, 0.15) is 12.8 Å². The van der Waals surface area contributed by atoms with Crippen molar-refractivity contribution in [2.75, 3.05) is 25.0 Å². The molecule has 5 nitrogen and oxygen atoms in total. The number of nitrogens with zero attached hydrogens (tertiary/aromatic N) is 1. The van der Waals surface area contributed by atoms with Crippen molar-refractivity contribution in [3.8, 4) is 0 Å². The molecule has 0 saturated carbocycles. The van der Waals surface area contributed by atoms with Gasteiger partial charge in [0, 0.05) is 13.1 Å². The van der Waals surface area contributed by atoms with E-state index >= 15 is 0 Å². The maximum absolute atomic E-state index is 11.9. The fourth-order valence-electron chi connectivity index (χ4n) is 2.23. The summed E-state index contributed by atoms with van der Waals surface area (Å²) in [5.41, 5.74) is 0.658. The minimum Gasteiger partial charge on any atom is -0.391 e. The largest absolute Gasteiger partial charge is 0.391 e. The molecule has 1 aromatic rings. The van der Waals surface area contributed by atoms with Crippen molar-refractivity contribution in [1.82, 2.24) is 4.72 Å². The SMILES string of the molecule is CNS(=O)(=O)c1ccccc1N1CCCC(O)C1. The zero-order valence-electron chi connectivity index (χ0n) is 10.3. The maximum Gasteiger partial charge on any atom is 0.242 e. The van der Waals surface area contributed by atoms with Crippen LogP contribution in [0.15, 0.2) is 29.2 Å². The van der Waals surface area contributed by atoms with Gasteiger partial charge in [-0.3, -0.25) is 0 Å². The Bertz CT molecular complexity index is 516. The molecule has 0 radical (unpaired) electrons. The summed E-state index contributed by atoms with van der Waals surface area (Å²) in [6.07, 6.45) is 1.26. The summed E-state index contributed by atoms with van der Waals surface area (Å²) in [7, 11) is -2.07. The van der Waals surface area contributed by atoms with Gasteiger partial charge in [-0.25, -0.2) is 13.1 Å². The third-order valence-electron chi connectivity index (χ3n) is 3.16. The van der Waals surface area contributed by atoms with Gasteiger partial charge < -0.3 is 10.0 Å². The predicted molar refractivity (Wildman–Crippen MR) is 70.1 cm³/mol. The molecule has 6 heteroatoms. The van der Waals surface area contributed by atoms with Gasteiger partial charge in [0.2, 0.25) is 10.0 Å². The molecule has 0 aliphatic carbocycles. The fourth-order valence-corrected chi connectivity index (χ4v) is 3.18. The molecular formula is C12H18N2O3S. The van der Waals surface area contributed by atoms with Gasteiger partial charge in [0.25, 0.3) is 0 Å². The smallest absolute Gasteiger partial charge is 0.242 e. The Morgan fingerprint density at radius 3 is 2.78 bits per heavy atom. The average Bonchev–Trinajstić information content (AvgIpc) is 2.39. The average molecular weight is 270 g/mol. The summed E-state index contributed by atoms with van der Waals surface area (Å²) in [5.74, 6) is 0. The first-order valence-corrected chi connectivity index (χ1v) is 7.48. The second kappa shape index (κ2) is 5.26. The van der Waals surface area contributed by atoms with Crippen molar-refractivity contribution < 1.29 is 13.5 Å². The van der Waals surface area contributed by atoms with E-state index in [2.05, 4.69) is 4.72 Å². The summed E-state index contributed by atoms with van der Waals surface area (Å²) < 4.78 is 26.2. The number of piperidine rings is 1. The highest BCUT2D eigenvalue weighted by Gasteiger charge is 2.24. The fraction of sp³-hybridized carbons (Fsp3) is 0.500. The van der Waals surface area contributed by atoms with Crippen LogP contribution in [0.2, 0.25) is 0 Å². The molecule has 1 aliphatic rings. The van der Waals surface area contributed by atoms with Gasteiger partial charge in [0.05, 0.1) is 11.8 Å². The lowest BCUT2D eigenvalue weighted by atomic mass is 10.1. The molecule has 1 heterocycles. The quantitative estimate of drug-likeness (QED) is 0.842. The maximum atomic E-state index is 11.9. The Hall–Kier alpha value is -1.11. The van der Waals surface area contributed by atoms with Crippen LogP contribution in [0, 0.1) is 0 Å². The summed E-state index contributed by atoms with van der Waals surface area (Å²) in [6, 6.07) is 6.88. The van der Waals surface area contributed by atoms with Gasteiger partial charge in [-0.05, 0) is 32.0 Å². The van der Waals surface area contributed by atoms with Crippen LogP contribution in [0.5, 0.6) is 0 Å². The normalized spacial score (nSPS) is 21.0. The van der Waals surface area contributed by atoms with Gasteiger partial charge >= 0.3 is 0 Å². The van der Waals surface area contributed by atoms with Crippen LogP contribution in [-0.2, 0) is 10.0 Å². The molecule has 0 amide bonds. The number of β-amino-alcohol motifs (C(OH)–C–C–N with tert-alkyl or cyclic N) is 1. The van der Waals surface area contributed by atoms with Crippen LogP contribution in [-0.4, -0.2) is 39.8 Å². The van der Waals surface area contributed by atoms with E-state index < -0.39 is 10.0 Å². The summed E-state index contributed by atoms with van der Waals surface area (Å²) in [4.78, 5) is 2.19. The molecular weight excluding hydrogens is 252 g/mol. The minimum absolute atomic E-state index is 0.265. The van der Waals surface area contributed by atoms with Gasteiger partial charge in [0.1, 0.15) is 4.90 Å². The molecule has 18 heavy (non-hydrogen) atoms. The van der Waals surface area contributed by atoms with E-state index in [0.29, 0.717) is 12.2 Å². The van der Waals surface area contributed by atoms with Crippen molar-refractivity contribution in [3.63, 3.8) is 0 Å². The van der Waals surface area contributed by atoms with E-state index in [1.807, 2.05) is 11.0 Å². The van der Waals surface area contributed by atoms with E-state index in [1.54, 1.807) is 18.2 Å². The topological polar surface area (TPSA) is 69.6 Å². The molecule has 1 saturated heterocycles. The van der Waals surface area contributed by atoms with Crippen LogP contribution < -0.4 is 9.62 Å². The van der Waals surface area contributed by atoms with Crippen LogP contribution >= 0.6 is 0 Å². The molecule has 1 aliphatic heterocycles. The molecule has 100 valence electrons. The molecule has 2 N–H and O–H groups in total. The number of aliphatic hydroxyl groups is 1. The number of nitrogens with one attached hydrogen (secondary N) is 1. The number of hydrogen-bond acceptors (Lipinski definition) is 4. The van der Waals surface area contributed by atoms with Crippen LogP contribution in [0.4, 0.5) is 5.69 Å². The number of benzene rings is 1. The standard InChI is InChI=1S/C12H18N2O3S/c1-13-18(16,17)12-7-3-2-6-11(12)14-8-4-5-10(15)9-14/h2-3,6-7,10,13,15H,4-5,8-9H2,1H3. The Morgan fingerprint density at radius 2 is 2.11 bits per heavy atom. The number of sulfonamides is 1. The third-order valence-corrected chi connectivity index (χ3v) is 4.62. The number of aliphatic hydroxyl groups excluding tert-OH is 1. The summed E-state index contributed by atoms with van der Waals surface area (Å²) in [6.45, 7) is 1.25. The first-order chi connectivity index (χ1) is 8.54. The molecule has 0 bridgehead atoms. The molecule has 0 spiro atoms. The van der Waals surface area contributed by atoms with Crippen LogP contribution in [0.25, 0.3) is 0 Å². The zero-order valence-corrected chi connectivity index (χ0v) is 11.2. The molecule has 1 unspecified atom stereocenters. The molecule has 1 atom stereocenters. The first kappa shape index (κ1) is 13.3. The van der Waals surface area contributed by atoms with Crippen molar-refractivity contribution >= 4 is 15.7 Å². The minimum atomic E-state index is -3.47. The lowest BCUT2D eigenvalue weighted by molar-refractivity contribution is 0.154. The van der Waals surface area contributed by atoms with E-state index in [4.69, 9.17) is 0 Å². The monoisotopic (exact) mass is 270 g/mol. The number of rotatable bonds is 3. The van der Waals surface area contributed by atoms with Gasteiger partial charge in [-0.2, -0.15) is 0 Å². The Balaban J connectivity index is 2.39. The van der Waals surface area contributed by atoms with Gasteiger partial charge in [-0.1, -0.05) is 12.1 Å². The van der Waals surface area contributed by atoms with Crippen molar-refractivity contribution in [3.05, 3.63) is 24.3 Å². The highest BCUT2D eigenvalue weighted by molar-refractivity contribution is 7.89. The highest BCUT2D eigenvalue weighted by atomic mass is 32.2. The van der Waals surface area contributed by atoms with Crippen molar-refractivity contribution in [2.45, 2.75) is 23.8 Å². The molecule has 0 aromatic heterocycles. The Morgan fingerprint density at radius 1 is 1.39 bits per heavy atom. The summed E-state index contributed by atoms with van der Waals surface area (Å²) in [5, 5.41) is 9.69. The zero-order chi connectivity index (χ0) is 13.2. The Labute approximate surface area is 107 Å². The molecule has 2 rings (SSSR count). The third kappa shape index (κ3) is 2.66. The molecule has 1 fully saturated rings. The van der Waals surface area contributed by atoms with Crippen molar-refractivity contribution in [2.24, 2.45) is 0 Å². The second-order valence-electron chi connectivity index (χ2n) is 4.42. The molecule has 1 aromatic carbocycles. The number of para-hydroxylation sites is 1. The Kier molecular flexibility index (Phi) is 3.89. The van der Waals surface area contributed by atoms with E-state index in [9.17, 15) is 13.5 Å². The highest BCUT2D eigenvalue weighted by Crippen LogP contribution is 2.27. The first-order valence-electron chi connectivity index (χ1n) is 6.00. The van der Waals surface area contributed by atoms with Gasteiger partial charge in [-0.15, -0.1) is 0 Å². The van der Waals surface area contributed by atoms with Crippen LogP contribution in [0.3, 0.4) is 0 Å². The predicted octanol–water partition coefficient (Wildman–Crippen LogP) is 0.556. The van der Waals surface area contributed by atoms with E-state index in [1.165, 1.54) is 7.05 Å². The van der Waals surface area contributed by atoms with E-state index in [0.717, 1.165) is 19.4 Å². The second-order valence-corrected chi connectivity index (χ2v) is 6.27. The lowest BCUT2D eigenvalue weighted by Crippen LogP contribution is -2.39. The lowest BCUT2D eigenvalue weighted by Gasteiger charge is -2.33. The number of anilines is 1. The number of hydrogen-bond donors (Lipinski definition) is 2.